The zero-order valence-electron chi connectivity index (χ0n) is 14.7. The summed E-state index contributed by atoms with van der Waals surface area (Å²) in [6, 6.07) is 11.5. The van der Waals surface area contributed by atoms with E-state index in [-0.39, 0.29) is 5.91 Å². The van der Waals surface area contributed by atoms with E-state index in [4.69, 9.17) is 0 Å². The number of pyridine rings is 1. The number of aromatic nitrogens is 1. The summed E-state index contributed by atoms with van der Waals surface area (Å²) >= 11 is 0. The first kappa shape index (κ1) is 17.8. The Balaban J connectivity index is 1.98. The Labute approximate surface area is 144 Å². The van der Waals surface area contributed by atoms with Gasteiger partial charge in [-0.1, -0.05) is 6.92 Å². The Morgan fingerprint density at radius 2 is 1.67 bits per heavy atom. The van der Waals surface area contributed by atoms with E-state index in [1.165, 1.54) is 0 Å². The number of nitrogens with one attached hydrogen (secondary N) is 2. The molecule has 0 spiro atoms. The molecular weight excluding hydrogens is 300 g/mol. The predicted molar refractivity (Wildman–Crippen MR) is 101 cm³/mol. The van der Waals surface area contributed by atoms with Crippen LogP contribution in [0.3, 0.4) is 0 Å². The Hall–Kier alpha value is -2.56. The molecule has 2 rings (SSSR count). The van der Waals surface area contributed by atoms with Crippen LogP contribution in [0.1, 0.15) is 37.7 Å². The van der Waals surface area contributed by atoms with Gasteiger partial charge in [0.15, 0.2) is 0 Å². The molecule has 5 nitrogen and oxygen atoms in total. The molecule has 1 amide bonds. The van der Waals surface area contributed by atoms with Gasteiger partial charge in [0.2, 0.25) is 0 Å². The third-order valence-electron chi connectivity index (χ3n) is 3.83. The lowest BCUT2D eigenvalue weighted by Crippen LogP contribution is -2.21. The van der Waals surface area contributed by atoms with Crippen LogP contribution >= 0.6 is 0 Å². The lowest BCUT2D eigenvalue weighted by molar-refractivity contribution is 0.102. The lowest BCUT2D eigenvalue weighted by atomic mass is 10.2. The molecule has 1 aromatic heterocycles. The minimum absolute atomic E-state index is 0.201. The van der Waals surface area contributed by atoms with Crippen LogP contribution in [0.2, 0.25) is 0 Å². The molecule has 0 bridgehead atoms. The van der Waals surface area contributed by atoms with Crippen LogP contribution in [0.5, 0.6) is 0 Å². The summed E-state index contributed by atoms with van der Waals surface area (Å²) in [6.07, 6.45) is 2.74. The quantitative estimate of drug-likeness (QED) is 0.770. The van der Waals surface area contributed by atoms with Crippen LogP contribution in [0, 0.1) is 0 Å². The molecule has 2 N–H and O–H groups in total. The van der Waals surface area contributed by atoms with Crippen molar-refractivity contribution in [1.82, 2.24) is 4.98 Å². The van der Waals surface area contributed by atoms with E-state index in [1.54, 1.807) is 12.3 Å². The second-order valence-electron chi connectivity index (χ2n) is 5.53. The Morgan fingerprint density at radius 3 is 2.21 bits per heavy atom. The molecule has 0 aliphatic rings. The third-order valence-corrected chi connectivity index (χ3v) is 3.83. The van der Waals surface area contributed by atoms with E-state index >= 15 is 0 Å². The fraction of sp³-hybridized carbons (Fsp3) is 0.368. The first-order chi connectivity index (χ1) is 11.7. The van der Waals surface area contributed by atoms with Crippen molar-refractivity contribution < 1.29 is 4.79 Å². The van der Waals surface area contributed by atoms with Crippen LogP contribution < -0.4 is 15.5 Å². The minimum Gasteiger partial charge on any atom is -0.384 e. The Morgan fingerprint density at radius 1 is 1.00 bits per heavy atom. The van der Waals surface area contributed by atoms with Crippen molar-refractivity contribution in [3.63, 3.8) is 0 Å². The molecule has 1 heterocycles. The number of benzene rings is 1. The van der Waals surface area contributed by atoms with E-state index < -0.39 is 0 Å². The molecule has 0 fully saturated rings. The number of carbonyl (C=O) groups excluding carboxylic acids is 1. The van der Waals surface area contributed by atoms with Gasteiger partial charge in [-0.2, -0.15) is 0 Å². The molecular formula is C19H26N4O. The minimum atomic E-state index is -0.201. The first-order valence-corrected chi connectivity index (χ1v) is 8.54. The molecule has 0 unspecified atom stereocenters. The average molecular weight is 326 g/mol. The van der Waals surface area contributed by atoms with Crippen LogP contribution in [-0.2, 0) is 0 Å². The molecule has 0 saturated heterocycles. The Kier molecular flexibility index (Phi) is 6.61. The van der Waals surface area contributed by atoms with Gasteiger partial charge in [0.25, 0.3) is 5.91 Å². The highest BCUT2D eigenvalue weighted by atomic mass is 16.1. The molecule has 2 aromatic rings. The summed E-state index contributed by atoms with van der Waals surface area (Å²) in [5.41, 5.74) is 3.26. The molecule has 128 valence electrons. The maximum absolute atomic E-state index is 12.3. The van der Waals surface area contributed by atoms with E-state index in [0.717, 1.165) is 43.1 Å². The average Bonchev–Trinajstić information content (AvgIpc) is 2.62. The van der Waals surface area contributed by atoms with E-state index in [2.05, 4.69) is 41.3 Å². The van der Waals surface area contributed by atoms with Crippen LogP contribution in [0.4, 0.5) is 17.1 Å². The van der Waals surface area contributed by atoms with Crippen molar-refractivity contribution in [1.29, 1.82) is 0 Å². The highest BCUT2D eigenvalue weighted by Gasteiger charge is 2.08. The summed E-state index contributed by atoms with van der Waals surface area (Å²) in [5, 5.41) is 6.12. The molecule has 0 atom stereocenters. The van der Waals surface area contributed by atoms with Crippen LogP contribution in [0.15, 0.2) is 42.6 Å². The topological polar surface area (TPSA) is 57.3 Å². The first-order valence-electron chi connectivity index (χ1n) is 8.54. The van der Waals surface area contributed by atoms with Crippen molar-refractivity contribution in [2.75, 3.05) is 35.2 Å². The number of carbonyl (C=O) groups is 1. The van der Waals surface area contributed by atoms with Crippen molar-refractivity contribution in [2.45, 2.75) is 27.2 Å². The standard InChI is InChI=1S/C19H26N4O/c1-4-13-20-16-9-12-18(21-14-16)19(24)22-15-7-10-17(11-8-15)23(5-2)6-3/h7-12,14,20H,4-6,13H2,1-3H3,(H,22,24). The molecule has 0 radical (unpaired) electrons. The largest absolute Gasteiger partial charge is 0.384 e. The molecule has 24 heavy (non-hydrogen) atoms. The number of hydrogen-bond acceptors (Lipinski definition) is 4. The summed E-state index contributed by atoms with van der Waals surface area (Å²) in [7, 11) is 0. The van der Waals surface area contributed by atoms with Crippen molar-refractivity contribution in [3.05, 3.63) is 48.3 Å². The highest BCUT2D eigenvalue weighted by molar-refractivity contribution is 6.03. The number of rotatable bonds is 8. The zero-order valence-corrected chi connectivity index (χ0v) is 14.7. The van der Waals surface area contributed by atoms with Gasteiger partial charge >= 0.3 is 0 Å². The van der Waals surface area contributed by atoms with Gasteiger partial charge in [0.1, 0.15) is 5.69 Å². The molecule has 0 aliphatic heterocycles. The second-order valence-corrected chi connectivity index (χ2v) is 5.53. The van der Waals surface area contributed by atoms with Crippen molar-refractivity contribution >= 4 is 23.0 Å². The maximum atomic E-state index is 12.3. The third kappa shape index (κ3) is 4.72. The number of anilines is 3. The normalized spacial score (nSPS) is 10.3. The number of nitrogens with zero attached hydrogens (tertiary/aromatic N) is 2. The van der Waals surface area contributed by atoms with Gasteiger partial charge in [-0.25, -0.2) is 4.98 Å². The van der Waals surface area contributed by atoms with Crippen LogP contribution in [0.25, 0.3) is 0 Å². The van der Waals surface area contributed by atoms with Gasteiger partial charge in [0.05, 0.1) is 11.9 Å². The molecule has 1 aromatic carbocycles. The van der Waals surface area contributed by atoms with E-state index in [0.29, 0.717) is 5.69 Å². The molecule has 0 aliphatic carbocycles. The summed E-state index contributed by atoms with van der Waals surface area (Å²) in [6.45, 7) is 9.18. The van der Waals surface area contributed by atoms with Gasteiger partial charge in [0, 0.05) is 31.0 Å². The predicted octanol–water partition coefficient (Wildman–Crippen LogP) is 4.00. The van der Waals surface area contributed by atoms with Crippen LogP contribution in [-0.4, -0.2) is 30.5 Å². The van der Waals surface area contributed by atoms with Crippen molar-refractivity contribution in [3.8, 4) is 0 Å². The number of amides is 1. The fourth-order valence-corrected chi connectivity index (χ4v) is 2.44. The SMILES string of the molecule is CCCNc1ccc(C(=O)Nc2ccc(N(CC)CC)cc2)nc1. The zero-order chi connectivity index (χ0) is 17.4. The van der Waals surface area contributed by atoms with Gasteiger partial charge in [-0.05, 0) is 56.7 Å². The van der Waals surface area contributed by atoms with Crippen molar-refractivity contribution in [2.24, 2.45) is 0 Å². The van der Waals surface area contributed by atoms with Gasteiger partial charge in [-0.15, -0.1) is 0 Å². The monoisotopic (exact) mass is 326 g/mol. The van der Waals surface area contributed by atoms with Gasteiger partial charge in [-0.3, -0.25) is 4.79 Å². The fourth-order valence-electron chi connectivity index (χ4n) is 2.44. The molecule has 5 heteroatoms. The maximum Gasteiger partial charge on any atom is 0.274 e. The smallest absolute Gasteiger partial charge is 0.274 e. The summed E-state index contributed by atoms with van der Waals surface area (Å²) in [5.74, 6) is -0.201. The highest BCUT2D eigenvalue weighted by Crippen LogP contribution is 2.18. The van der Waals surface area contributed by atoms with E-state index in [1.807, 2.05) is 30.3 Å². The van der Waals surface area contributed by atoms with Gasteiger partial charge < -0.3 is 15.5 Å². The molecule has 0 saturated carbocycles. The Bertz CT molecular complexity index is 633. The lowest BCUT2D eigenvalue weighted by Gasteiger charge is -2.21. The summed E-state index contributed by atoms with van der Waals surface area (Å²) < 4.78 is 0. The number of hydrogen-bond donors (Lipinski definition) is 2. The van der Waals surface area contributed by atoms with E-state index in [9.17, 15) is 4.79 Å². The summed E-state index contributed by atoms with van der Waals surface area (Å²) in [4.78, 5) is 18.7. The second kappa shape index (κ2) is 8.91.